The fraction of sp³-hybridized carbons (Fsp3) is 0.471. The van der Waals surface area contributed by atoms with Crippen LogP contribution >= 0.6 is 0 Å². The van der Waals surface area contributed by atoms with Crippen LogP contribution in [0, 0.1) is 23.7 Å². The van der Waals surface area contributed by atoms with Crippen molar-refractivity contribution in [3.05, 3.63) is 80.3 Å². The first-order valence-corrected chi connectivity index (χ1v) is 23.6. The van der Waals surface area contributed by atoms with Crippen molar-refractivity contribution in [3.8, 4) is 11.5 Å². The Morgan fingerprint density at radius 2 is 1.22 bits per heavy atom. The lowest BCUT2D eigenvalue weighted by Gasteiger charge is -2.53. The van der Waals surface area contributed by atoms with E-state index in [-0.39, 0.29) is 59.3 Å². The van der Waals surface area contributed by atoms with Gasteiger partial charge in [-0.15, -0.1) is 0 Å². The van der Waals surface area contributed by atoms with E-state index >= 15 is 0 Å². The number of primary amides is 2. The number of aromatic hydroxyl groups is 2. The third kappa shape index (κ3) is 8.08. The number of carbonyl (C=O) groups is 7. The first-order chi connectivity index (χ1) is 34.1. The molecule has 6 aliphatic rings. The normalized spacial score (nSPS) is 29.4. The molecule has 398 valence electrons. The van der Waals surface area contributed by atoms with Crippen LogP contribution < -0.4 is 27.0 Å². The number of hydrogen-bond acceptors (Lipinski definition) is 20. The highest BCUT2D eigenvalue weighted by Gasteiger charge is 2.67. The van der Waals surface area contributed by atoms with Crippen molar-refractivity contribution in [3.63, 3.8) is 0 Å². The van der Waals surface area contributed by atoms with Crippen LogP contribution in [0.15, 0.2) is 58.1 Å². The number of carbonyl (C=O) groups excluding carboxylic acids is 7. The monoisotopic (exact) mass is 1030 g/mol. The van der Waals surface area contributed by atoms with Crippen molar-refractivity contribution in [1.82, 2.24) is 15.1 Å². The maximum Gasteiger partial charge on any atom is 0.255 e. The number of fused-ring (bicyclic) bond motifs is 6. The van der Waals surface area contributed by atoms with Crippen LogP contribution in [-0.4, -0.2) is 174 Å². The zero-order chi connectivity index (χ0) is 55.5. The predicted octanol–water partition coefficient (Wildman–Crippen LogP) is -0.0144. The van der Waals surface area contributed by atoms with E-state index < -0.39 is 145 Å². The zero-order valence-electron chi connectivity index (χ0n) is 42.5. The third-order valence-corrected chi connectivity index (χ3v) is 15.3. The summed E-state index contributed by atoms with van der Waals surface area (Å²) < 4.78 is 0. The van der Waals surface area contributed by atoms with Crippen molar-refractivity contribution in [2.24, 2.45) is 35.1 Å². The number of hydrogen-bond donors (Lipinski definition) is 13. The summed E-state index contributed by atoms with van der Waals surface area (Å²) in [6, 6.07) is 3.42. The Labute approximate surface area is 424 Å². The first kappa shape index (κ1) is 54.6. The van der Waals surface area contributed by atoms with E-state index in [1.807, 2.05) is 20.8 Å². The van der Waals surface area contributed by atoms with Gasteiger partial charge in [0.2, 0.25) is 17.5 Å². The summed E-state index contributed by atoms with van der Waals surface area (Å²) in [4.78, 5) is 95.3. The molecule has 15 N–H and O–H groups in total. The number of aliphatic hydroxyl groups excluding tert-OH is 4. The molecule has 2 saturated carbocycles. The molecule has 74 heavy (non-hydrogen) atoms. The van der Waals surface area contributed by atoms with Gasteiger partial charge in [-0.25, -0.2) is 0 Å². The Bertz CT molecular complexity index is 3000. The Morgan fingerprint density at radius 1 is 0.730 bits per heavy atom. The van der Waals surface area contributed by atoms with Crippen molar-refractivity contribution >= 4 is 63.7 Å². The minimum absolute atomic E-state index is 0.00158. The fourth-order valence-corrected chi connectivity index (χ4v) is 11.8. The number of phenolic OH excluding ortho intramolecular Hbond substituents is 2. The molecule has 0 aromatic heterocycles. The molecule has 0 heterocycles. The number of nitrogens with zero attached hydrogens (tertiary/aromatic N) is 3. The van der Waals surface area contributed by atoms with Crippen LogP contribution in [-0.2, 0) is 45.6 Å². The lowest BCUT2D eigenvalue weighted by atomic mass is 9.54. The Balaban J connectivity index is 0.000000224. The Kier molecular flexibility index (Phi) is 13.5. The van der Waals surface area contributed by atoms with Gasteiger partial charge in [0, 0.05) is 54.2 Å². The van der Waals surface area contributed by atoms with Crippen molar-refractivity contribution in [2.45, 2.75) is 81.4 Å². The van der Waals surface area contributed by atoms with Gasteiger partial charge in [-0.2, -0.15) is 0 Å². The van der Waals surface area contributed by atoms with Crippen LogP contribution in [0.25, 0.3) is 11.5 Å². The maximum atomic E-state index is 14.0. The highest BCUT2D eigenvalue weighted by molar-refractivity contribution is 6.26. The lowest BCUT2D eigenvalue weighted by Crippen LogP contribution is -2.67. The van der Waals surface area contributed by atoms with E-state index in [4.69, 9.17) is 11.5 Å². The summed E-state index contributed by atoms with van der Waals surface area (Å²) in [5.74, 6) is -15.7. The molecule has 2 fully saturated rings. The number of Topliss-reactive ketones (excluding diaryl/α,β-unsaturated/α-hetero) is 4. The van der Waals surface area contributed by atoms with Crippen LogP contribution in [0.5, 0.6) is 11.5 Å². The summed E-state index contributed by atoms with van der Waals surface area (Å²) in [6.45, 7) is 7.02. The van der Waals surface area contributed by atoms with Crippen LogP contribution in [0.4, 0.5) is 11.4 Å². The van der Waals surface area contributed by atoms with E-state index in [0.29, 0.717) is 11.3 Å². The number of rotatable bonds is 8. The van der Waals surface area contributed by atoms with Crippen LogP contribution in [0.1, 0.15) is 62.8 Å². The topological polar surface area (TPSA) is 387 Å². The number of benzene rings is 2. The molecule has 23 heteroatoms. The molecule has 2 aromatic carbocycles. The number of phenols is 2. The smallest absolute Gasteiger partial charge is 0.255 e. The quantitative estimate of drug-likeness (QED) is 0.122. The van der Waals surface area contributed by atoms with E-state index in [9.17, 15) is 79.5 Å². The molecule has 2 aromatic rings. The predicted molar refractivity (Wildman–Crippen MR) is 265 cm³/mol. The molecule has 0 saturated heterocycles. The summed E-state index contributed by atoms with van der Waals surface area (Å²) in [6.07, 6.45) is -0.0831. The molecule has 0 unspecified atom stereocenters. The minimum atomic E-state index is -2.75. The van der Waals surface area contributed by atoms with Gasteiger partial charge in [-0.05, 0) is 104 Å². The van der Waals surface area contributed by atoms with Gasteiger partial charge >= 0.3 is 0 Å². The molecule has 0 spiro atoms. The van der Waals surface area contributed by atoms with Gasteiger partial charge in [0.1, 0.15) is 45.7 Å². The van der Waals surface area contributed by atoms with Gasteiger partial charge in [0.25, 0.3) is 11.8 Å². The Morgan fingerprint density at radius 3 is 1.69 bits per heavy atom. The second kappa shape index (κ2) is 18.3. The summed E-state index contributed by atoms with van der Waals surface area (Å²) in [5.41, 5.74) is 1.57. The largest absolute Gasteiger partial charge is 0.508 e. The average molecular weight is 1030 g/mol. The van der Waals surface area contributed by atoms with E-state index in [2.05, 4.69) is 10.6 Å². The zero-order valence-corrected chi connectivity index (χ0v) is 42.5. The fourth-order valence-electron chi connectivity index (χ4n) is 11.8. The molecule has 6 aliphatic carbocycles. The minimum Gasteiger partial charge on any atom is -0.508 e. The number of aliphatic hydroxyl groups is 7. The number of ketones is 4. The Hall–Kier alpha value is -7.15. The number of anilines is 2. The van der Waals surface area contributed by atoms with E-state index in [1.165, 1.54) is 49.0 Å². The second-order valence-corrected chi connectivity index (χ2v) is 21.6. The molecule has 23 nitrogen and oxygen atoms in total. The van der Waals surface area contributed by atoms with Gasteiger partial charge < -0.3 is 73.0 Å². The van der Waals surface area contributed by atoms with Gasteiger partial charge in [-0.3, -0.25) is 43.4 Å². The summed E-state index contributed by atoms with van der Waals surface area (Å²) in [7, 11) is 9.59. The molecular weight excluding hydrogens is 967 g/mol. The SMILES string of the molecule is CN(C)[C@@H]1C(=O)C(C(N)=O)=C(O)[C@@]2(O)C(=O)C3=C(O)c4c(O)cccc4[C@@](C)(O)[C@H]3C[C@@H]12.CN(C)c1cc(NC(=O)CNC(C)(C)C)c(O)c2c1C[C@H]1C[C@H]3[C@H](N(C)C)C(=O)C(C(N)=O)=C(O)[C@@]3(O)C(=O)C1=C2O. The van der Waals surface area contributed by atoms with Crippen molar-refractivity contribution in [2.75, 3.05) is 59.0 Å². The summed E-state index contributed by atoms with van der Waals surface area (Å²) in [5, 5.41) is 106. The first-order valence-electron chi connectivity index (χ1n) is 23.6. The van der Waals surface area contributed by atoms with Gasteiger partial charge in [0.05, 0.1) is 41.0 Å². The second-order valence-electron chi connectivity index (χ2n) is 21.6. The van der Waals surface area contributed by atoms with Crippen LogP contribution in [0.2, 0.25) is 0 Å². The highest BCUT2D eigenvalue weighted by atomic mass is 16.4. The standard InChI is InChI=1S/C29H39N5O8.C22H24N2O8/c1-28(2,3)31-11-17(35)32-15-10-16(33(4)5)13-8-12-9-14-21(34(6)7)24(38)20(27(30)41)26(40)29(14,42)25(39)18(12)23(37)19(13)22(15)36;1-21(31)8-5-4-6-11(25)12(8)16(26)13-9(21)7-10-15(24(2)3)17(27)14(20(23)30)19(29)22(10,32)18(13)28/h10,12,14,21,31,36-37,40,42H,8-9,11H2,1-7H3,(H2,30,41)(H,32,35);4-6,9-10,15,25-26,29,31-32H,7H2,1-3H3,(H2,23,30)/t12-,14-,21-,29-;9-,10-,15-,21+,22-/m00/s1. The van der Waals surface area contributed by atoms with Gasteiger partial charge in [0.15, 0.2) is 22.8 Å². The van der Waals surface area contributed by atoms with Crippen LogP contribution in [0.3, 0.4) is 0 Å². The molecule has 9 atom stereocenters. The van der Waals surface area contributed by atoms with Crippen molar-refractivity contribution < 1.29 is 79.5 Å². The number of amides is 3. The van der Waals surface area contributed by atoms with E-state index in [0.717, 1.165) is 0 Å². The van der Waals surface area contributed by atoms with Gasteiger partial charge in [-0.1, -0.05) is 12.1 Å². The molecular formula is C51H63N7O16. The molecule has 3 amide bonds. The maximum absolute atomic E-state index is 14.0. The molecule has 0 bridgehead atoms. The number of nitrogens with one attached hydrogen (secondary N) is 2. The van der Waals surface area contributed by atoms with Crippen molar-refractivity contribution in [1.29, 1.82) is 0 Å². The molecule has 8 rings (SSSR count). The van der Waals surface area contributed by atoms with E-state index in [1.54, 1.807) is 39.2 Å². The molecule has 0 radical (unpaired) electrons. The third-order valence-electron chi connectivity index (χ3n) is 15.3. The molecule has 0 aliphatic heterocycles. The number of likely N-dealkylation sites (N-methyl/N-ethyl adjacent to an activating group) is 2. The number of nitrogens with two attached hydrogens (primary N) is 2. The summed E-state index contributed by atoms with van der Waals surface area (Å²) >= 11 is 0. The lowest BCUT2D eigenvalue weighted by molar-refractivity contribution is -0.159. The average Bonchev–Trinajstić information content (AvgIpc) is 3.27. The highest BCUT2D eigenvalue weighted by Crippen LogP contribution is 2.58.